The standard InChI is InChI=1S/C21H28N6O/c1-13-4-6-15(7-5-13)25-20-17(19(22)28)12-24-21(27-20)26-16-8-9-18-14(11-16)3-2-10-23-18/h2-3,10,12-13,15-16H,4-9,11H2,1H3,(H2,22,28)(H2,24,25,26,27)/t13?,15?,16-/m1/s1. The molecule has 0 spiro atoms. The summed E-state index contributed by atoms with van der Waals surface area (Å²) in [7, 11) is 0. The first-order valence-electron chi connectivity index (χ1n) is 10.2. The normalized spacial score (nSPS) is 24.2. The Kier molecular flexibility index (Phi) is 5.41. The van der Waals surface area contributed by atoms with Gasteiger partial charge < -0.3 is 16.4 Å². The molecule has 7 heteroatoms. The molecule has 7 nitrogen and oxygen atoms in total. The Labute approximate surface area is 165 Å². The molecule has 2 aromatic heterocycles. The van der Waals surface area contributed by atoms with E-state index in [1.54, 1.807) is 0 Å². The van der Waals surface area contributed by atoms with E-state index in [2.05, 4.69) is 38.6 Å². The minimum atomic E-state index is -0.504. The minimum Gasteiger partial charge on any atom is -0.367 e. The van der Waals surface area contributed by atoms with E-state index < -0.39 is 5.91 Å². The van der Waals surface area contributed by atoms with Crippen LogP contribution in [0.3, 0.4) is 0 Å². The van der Waals surface area contributed by atoms with Crippen molar-refractivity contribution in [3.05, 3.63) is 41.3 Å². The second-order valence-electron chi connectivity index (χ2n) is 8.11. The molecule has 2 aromatic rings. The van der Waals surface area contributed by atoms with Gasteiger partial charge in [0.1, 0.15) is 5.82 Å². The van der Waals surface area contributed by atoms with Gasteiger partial charge in [0.15, 0.2) is 0 Å². The zero-order chi connectivity index (χ0) is 19.5. The number of aromatic nitrogens is 3. The van der Waals surface area contributed by atoms with Gasteiger partial charge in [0.05, 0.1) is 5.56 Å². The van der Waals surface area contributed by atoms with E-state index in [-0.39, 0.29) is 6.04 Å². The molecule has 1 amide bonds. The average molecular weight is 380 g/mol. The van der Waals surface area contributed by atoms with Crippen LogP contribution in [0.2, 0.25) is 0 Å². The van der Waals surface area contributed by atoms with E-state index in [4.69, 9.17) is 5.73 Å². The number of rotatable bonds is 5. The zero-order valence-corrected chi connectivity index (χ0v) is 16.3. The Bertz CT molecular complexity index is 847. The van der Waals surface area contributed by atoms with Crippen LogP contribution in [0.5, 0.6) is 0 Å². The predicted molar refractivity (Wildman–Crippen MR) is 109 cm³/mol. The number of hydrogen-bond acceptors (Lipinski definition) is 6. The number of anilines is 2. The fourth-order valence-corrected chi connectivity index (χ4v) is 4.21. The quantitative estimate of drug-likeness (QED) is 0.736. The molecule has 0 bridgehead atoms. The van der Waals surface area contributed by atoms with Gasteiger partial charge in [-0.05, 0) is 62.5 Å². The van der Waals surface area contributed by atoms with Crippen LogP contribution in [0, 0.1) is 5.92 Å². The van der Waals surface area contributed by atoms with Crippen LogP contribution in [-0.4, -0.2) is 32.9 Å². The van der Waals surface area contributed by atoms with E-state index in [1.807, 2.05) is 12.3 Å². The van der Waals surface area contributed by atoms with Crippen molar-refractivity contribution < 1.29 is 4.79 Å². The summed E-state index contributed by atoms with van der Waals surface area (Å²) in [6.45, 7) is 2.29. The highest BCUT2D eigenvalue weighted by Crippen LogP contribution is 2.27. The largest absolute Gasteiger partial charge is 0.367 e. The number of carbonyl (C=O) groups is 1. The van der Waals surface area contributed by atoms with Gasteiger partial charge in [0.2, 0.25) is 5.95 Å². The van der Waals surface area contributed by atoms with Gasteiger partial charge in [0.25, 0.3) is 5.91 Å². The molecule has 0 aliphatic heterocycles. The van der Waals surface area contributed by atoms with E-state index in [9.17, 15) is 4.79 Å². The number of nitrogens with one attached hydrogen (secondary N) is 2. The van der Waals surface area contributed by atoms with Crippen LogP contribution in [0.1, 0.15) is 60.6 Å². The Morgan fingerprint density at radius 3 is 2.71 bits per heavy atom. The first-order chi connectivity index (χ1) is 13.6. The summed E-state index contributed by atoms with van der Waals surface area (Å²) in [6.07, 6.45) is 10.7. The number of carbonyl (C=O) groups excluding carboxylic acids is 1. The van der Waals surface area contributed by atoms with Gasteiger partial charge in [-0.2, -0.15) is 4.98 Å². The van der Waals surface area contributed by atoms with Crippen molar-refractivity contribution in [2.45, 2.75) is 64.0 Å². The van der Waals surface area contributed by atoms with Gasteiger partial charge in [0, 0.05) is 30.2 Å². The van der Waals surface area contributed by atoms with Crippen molar-refractivity contribution >= 4 is 17.7 Å². The maximum absolute atomic E-state index is 11.8. The fraction of sp³-hybridized carbons (Fsp3) is 0.524. The molecule has 1 fully saturated rings. The van der Waals surface area contributed by atoms with Gasteiger partial charge in [-0.25, -0.2) is 4.98 Å². The van der Waals surface area contributed by atoms with Crippen LogP contribution >= 0.6 is 0 Å². The molecule has 0 aromatic carbocycles. The average Bonchev–Trinajstić information content (AvgIpc) is 2.70. The summed E-state index contributed by atoms with van der Waals surface area (Å²) in [5.41, 5.74) is 8.35. The third-order valence-corrected chi connectivity index (χ3v) is 5.92. The monoisotopic (exact) mass is 380 g/mol. The summed E-state index contributed by atoms with van der Waals surface area (Å²) < 4.78 is 0. The van der Waals surface area contributed by atoms with Crippen molar-refractivity contribution in [2.24, 2.45) is 11.7 Å². The fourth-order valence-electron chi connectivity index (χ4n) is 4.21. The topological polar surface area (TPSA) is 106 Å². The molecule has 1 atom stereocenters. The lowest BCUT2D eigenvalue weighted by Crippen LogP contribution is -2.30. The second-order valence-corrected chi connectivity index (χ2v) is 8.11. The molecule has 2 heterocycles. The molecule has 148 valence electrons. The van der Waals surface area contributed by atoms with Crippen LogP contribution in [-0.2, 0) is 12.8 Å². The molecular weight excluding hydrogens is 352 g/mol. The molecule has 0 radical (unpaired) electrons. The van der Waals surface area contributed by atoms with E-state index in [0.29, 0.717) is 23.4 Å². The molecule has 0 saturated heterocycles. The maximum Gasteiger partial charge on any atom is 0.254 e. The molecular formula is C21H28N6O. The number of fused-ring (bicyclic) bond motifs is 1. The Morgan fingerprint density at radius 2 is 1.93 bits per heavy atom. The zero-order valence-electron chi connectivity index (χ0n) is 16.3. The molecule has 4 N–H and O–H groups in total. The van der Waals surface area contributed by atoms with E-state index in [0.717, 1.165) is 38.0 Å². The third kappa shape index (κ3) is 4.24. The SMILES string of the molecule is CC1CCC(Nc2nc(N[C@@H]3CCc4ncccc4C3)ncc2C(N)=O)CC1. The molecule has 2 aliphatic carbocycles. The van der Waals surface area contributed by atoms with Crippen molar-refractivity contribution in [1.29, 1.82) is 0 Å². The van der Waals surface area contributed by atoms with Gasteiger partial charge in [-0.3, -0.25) is 9.78 Å². The van der Waals surface area contributed by atoms with Gasteiger partial charge in [-0.15, -0.1) is 0 Å². The lowest BCUT2D eigenvalue weighted by molar-refractivity contribution is 0.100. The van der Waals surface area contributed by atoms with Crippen molar-refractivity contribution in [3.63, 3.8) is 0 Å². The summed E-state index contributed by atoms with van der Waals surface area (Å²) in [5, 5.41) is 6.87. The number of hydrogen-bond donors (Lipinski definition) is 3. The number of nitrogens with zero attached hydrogens (tertiary/aromatic N) is 3. The highest BCUT2D eigenvalue weighted by Gasteiger charge is 2.23. The first-order valence-corrected chi connectivity index (χ1v) is 10.2. The summed E-state index contributed by atoms with van der Waals surface area (Å²) in [4.78, 5) is 25.2. The second kappa shape index (κ2) is 8.12. The third-order valence-electron chi connectivity index (χ3n) is 5.92. The van der Waals surface area contributed by atoms with Crippen molar-refractivity contribution in [1.82, 2.24) is 15.0 Å². The molecule has 28 heavy (non-hydrogen) atoms. The number of pyridine rings is 1. The van der Waals surface area contributed by atoms with E-state index >= 15 is 0 Å². The van der Waals surface area contributed by atoms with Crippen LogP contribution in [0.4, 0.5) is 11.8 Å². The summed E-state index contributed by atoms with van der Waals surface area (Å²) >= 11 is 0. The summed E-state index contributed by atoms with van der Waals surface area (Å²) in [6, 6.07) is 4.68. The Morgan fingerprint density at radius 1 is 1.11 bits per heavy atom. The highest BCUT2D eigenvalue weighted by molar-refractivity contribution is 5.97. The number of nitrogens with two attached hydrogens (primary N) is 1. The highest BCUT2D eigenvalue weighted by atomic mass is 16.1. The van der Waals surface area contributed by atoms with Crippen LogP contribution < -0.4 is 16.4 Å². The van der Waals surface area contributed by atoms with E-state index in [1.165, 1.54) is 30.3 Å². The maximum atomic E-state index is 11.8. The van der Waals surface area contributed by atoms with Crippen molar-refractivity contribution in [3.8, 4) is 0 Å². The van der Waals surface area contributed by atoms with Crippen molar-refractivity contribution in [2.75, 3.05) is 10.6 Å². The molecule has 2 aliphatic rings. The molecule has 4 rings (SSSR count). The molecule has 1 saturated carbocycles. The van der Waals surface area contributed by atoms with Crippen LogP contribution in [0.15, 0.2) is 24.5 Å². The lowest BCUT2D eigenvalue weighted by Gasteiger charge is -2.28. The van der Waals surface area contributed by atoms with Gasteiger partial charge >= 0.3 is 0 Å². The lowest BCUT2D eigenvalue weighted by atomic mass is 9.87. The Hall–Kier alpha value is -2.70. The first kappa shape index (κ1) is 18.7. The predicted octanol–water partition coefficient (Wildman–Crippen LogP) is 2.93. The summed E-state index contributed by atoms with van der Waals surface area (Å²) in [5.74, 6) is 1.34. The number of amides is 1. The number of aryl methyl sites for hydroxylation is 1. The minimum absolute atomic E-state index is 0.250. The smallest absolute Gasteiger partial charge is 0.254 e. The van der Waals surface area contributed by atoms with Gasteiger partial charge in [-0.1, -0.05) is 13.0 Å². The molecule has 0 unspecified atom stereocenters. The van der Waals surface area contributed by atoms with Crippen LogP contribution in [0.25, 0.3) is 0 Å². The Balaban J connectivity index is 1.48. The number of primary amides is 1.